The molecular weight excluding hydrogens is 214 g/mol. The average molecular weight is 235 g/mol. The number of hydrogen-bond donors (Lipinski definition) is 1. The van der Waals surface area contributed by atoms with E-state index in [0.29, 0.717) is 5.92 Å². The van der Waals surface area contributed by atoms with Gasteiger partial charge in [0.2, 0.25) is 0 Å². The van der Waals surface area contributed by atoms with Gasteiger partial charge in [0.15, 0.2) is 0 Å². The van der Waals surface area contributed by atoms with E-state index >= 15 is 0 Å². The van der Waals surface area contributed by atoms with Crippen LogP contribution < -0.4 is 5.32 Å². The normalized spacial score (nSPS) is 20.3. The van der Waals surface area contributed by atoms with E-state index in [9.17, 15) is 0 Å². The molecule has 2 rings (SSSR count). The molecule has 1 aromatic heterocycles. The van der Waals surface area contributed by atoms with Crippen LogP contribution in [-0.2, 0) is 11.2 Å². The van der Waals surface area contributed by atoms with Gasteiger partial charge in [0.25, 0.3) is 0 Å². The highest BCUT2D eigenvalue weighted by Gasteiger charge is 2.20. The molecule has 0 aliphatic carbocycles. The van der Waals surface area contributed by atoms with Crippen molar-refractivity contribution in [3.8, 4) is 0 Å². The van der Waals surface area contributed by atoms with E-state index in [1.165, 1.54) is 5.56 Å². The Labute approximate surface area is 103 Å². The lowest BCUT2D eigenvalue weighted by atomic mass is 10.0. The minimum Gasteiger partial charge on any atom is -0.381 e. The quantitative estimate of drug-likeness (QED) is 0.873. The van der Waals surface area contributed by atoms with Gasteiger partial charge in [-0.2, -0.15) is 0 Å². The van der Waals surface area contributed by atoms with Crippen molar-refractivity contribution in [2.75, 3.05) is 25.6 Å². The summed E-state index contributed by atoms with van der Waals surface area (Å²) in [6, 6.07) is 0. The van der Waals surface area contributed by atoms with Crippen LogP contribution in [-0.4, -0.2) is 30.2 Å². The van der Waals surface area contributed by atoms with Gasteiger partial charge >= 0.3 is 0 Å². The van der Waals surface area contributed by atoms with Crippen LogP contribution in [0.15, 0.2) is 0 Å². The molecule has 0 aromatic carbocycles. The van der Waals surface area contributed by atoms with E-state index in [-0.39, 0.29) is 0 Å². The first-order valence-electron chi connectivity index (χ1n) is 6.39. The van der Waals surface area contributed by atoms with E-state index in [1.54, 1.807) is 0 Å². The molecule has 4 nitrogen and oxygen atoms in total. The number of anilines is 1. The van der Waals surface area contributed by atoms with Gasteiger partial charge in [-0.15, -0.1) is 0 Å². The molecule has 1 saturated heterocycles. The van der Waals surface area contributed by atoms with Crippen molar-refractivity contribution >= 4 is 5.82 Å². The minimum atomic E-state index is 0.362. The SMILES string of the molecule is CCc1c(C)nc(C2CCCOC2)nc1NC. The minimum absolute atomic E-state index is 0.362. The predicted octanol–water partition coefficient (Wildman–Crippen LogP) is 2.28. The Morgan fingerprint density at radius 1 is 1.41 bits per heavy atom. The summed E-state index contributed by atoms with van der Waals surface area (Å²) in [5.74, 6) is 2.27. The Kier molecular flexibility index (Phi) is 3.94. The molecule has 1 aromatic rings. The fraction of sp³-hybridized carbons (Fsp3) is 0.692. The van der Waals surface area contributed by atoms with Gasteiger partial charge < -0.3 is 10.1 Å². The summed E-state index contributed by atoms with van der Waals surface area (Å²) in [7, 11) is 1.92. The maximum atomic E-state index is 5.51. The van der Waals surface area contributed by atoms with Gasteiger partial charge in [-0.1, -0.05) is 6.92 Å². The molecule has 4 heteroatoms. The van der Waals surface area contributed by atoms with Crippen LogP contribution in [0.2, 0.25) is 0 Å². The molecule has 94 valence electrons. The zero-order chi connectivity index (χ0) is 12.3. The maximum absolute atomic E-state index is 5.51. The fourth-order valence-corrected chi connectivity index (χ4v) is 2.37. The number of rotatable bonds is 3. The predicted molar refractivity (Wildman–Crippen MR) is 68.5 cm³/mol. The first-order chi connectivity index (χ1) is 8.26. The molecule has 1 atom stereocenters. The van der Waals surface area contributed by atoms with Gasteiger partial charge in [0, 0.05) is 30.8 Å². The third kappa shape index (κ3) is 2.57. The van der Waals surface area contributed by atoms with E-state index in [1.807, 2.05) is 7.05 Å². The van der Waals surface area contributed by atoms with Crippen LogP contribution in [0.5, 0.6) is 0 Å². The van der Waals surface area contributed by atoms with Crippen molar-refractivity contribution in [3.05, 3.63) is 17.1 Å². The molecule has 1 unspecified atom stereocenters. The topological polar surface area (TPSA) is 47.0 Å². The molecule has 0 amide bonds. The zero-order valence-electron chi connectivity index (χ0n) is 10.9. The number of aromatic nitrogens is 2. The second-order valence-electron chi connectivity index (χ2n) is 4.51. The second-order valence-corrected chi connectivity index (χ2v) is 4.51. The van der Waals surface area contributed by atoms with Crippen LogP contribution >= 0.6 is 0 Å². The van der Waals surface area contributed by atoms with Gasteiger partial charge in [-0.25, -0.2) is 9.97 Å². The Hall–Kier alpha value is -1.16. The fourth-order valence-electron chi connectivity index (χ4n) is 2.37. The van der Waals surface area contributed by atoms with Crippen molar-refractivity contribution < 1.29 is 4.74 Å². The van der Waals surface area contributed by atoms with Gasteiger partial charge in [0.1, 0.15) is 11.6 Å². The van der Waals surface area contributed by atoms with Gasteiger partial charge in [-0.05, 0) is 26.2 Å². The van der Waals surface area contributed by atoms with Gasteiger partial charge in [-0.3, -0.25) is 0 Å². The molecule has 1 fully saturated rings. The monoisotopic (exact) mass is 235 g/mol. The number of nitrogens with zero attached hydrogens (tertiary/aromatic N) is 2. The molecule has 0 saturated carbocycles. The van der Waals surface area contributed by atoms with Gasteiger partial charge in [0.05, 0.1) is 6.61 Å². The van der Waals surface area contributed by atoms with E-state index in [0.717, 1.165) is 49.8 Å². The molecule has 0 bridgehead atoms. The first kappa shape index (κ1) is 12.3. The number of nitrogens with one attached hydrogen (secondary N) is 1. The molecule has 0 spiro atoms. The summed E-state index contributed by atoms with van der Waals surface area (Å²) in [4.78, 5) is 9.29. The summed E-state index contributed by atoms with van der Waals surface area (Å²) >= 11 is 0. The average Bonchev–Trinajstić information content (AvgIpc) is 2.38. The Morgan fingerprint density at radius 2 is 2.24 bits per heavy atom. The second kappa shape index (κ2) is 5.45. The summed E-state index contributed by atoms with van der Waals surface area (Å²) in [6.07, 6.45) is 3.20. The largest absolute Gasteiger partial charge is 0.381 e. The van der Waals surface area contributed by atoms with Crippen molar-refractivity contribution in [2.45, 2.75) is 39.0 Å². The molecule has 17 heavy (non-hydrogen) atoms. The zero-order valence-corrected chi connectivity index (χ0v) is 10.9. The molecular formula is C13H21N3O. The molecule has 1 aliphatic heterocycles. The first-order valence-corrected chi connectivity index (χ1v) is 6.39. The van der Waals surface area contributed by atoms with E-state index < -0.39 is 0 Å². The number of hydrogen-bond acceptors (Lipinski definition) is 4. The number of aryl methyl sites for hydroxylation is 1. The smallest absolute Gasteiger partial charge is 0.136 e. The molecule has 2 heterocycles. The third-order valence-corrected chi connectivity index (χ3v) is 3.35. The molecule has 1 N–H and O–H groups in total. The maximum Gasteiger partial charge on any atom is 0.136 e. The standard InChI is InChI=1S/C13H21N3O/c1-4-11-9(2)15-12(16-13(11)14-3)10-6-5-7-17-8-10/h10H,4-8H2,1-3H3,(H,14,15,16). The van der Waals surface area contributed by atoms with E-state index in [4.69, 9.17) is 4.74 Å². The number of ether oxygens (including phenoxy) is 1. The Balaban J connectivity index is 2.31. The Morgan fingerprint density at radius 3 is 2.82 bits per heavy atom. The van der Waals surface area contributed by atoms with Crippen molar-refractivity contribution in [3.63, 3.8) is 0 Å². The summed E-state index contributed by atoms with van der Waals surface area (Å²) in [5.41, 5.74) is 2.31. The highest BCUT2D eigenvalue weighted by molar-refractivity contribution is 5.46. The Bertz CT molecular complexity index is 386. The highest BCUT2D eigenvalue weighted by Crippen LogP contribution is 2.26. The van der Waals surface area contributed by atoms with Crippen molar-refractivity contribution in [1.82, 2.24) is 9.97 Å². The summed E-state index contributed by atoms with van der Waals surface area (Å²) < 4.78 is 5.51. The lowest BCUT2D eigenvalue weighted by molar-refractivity contribution is 0.0780. The van der Waals surface area contributed by atoms with Crippen LogP contribution in [0.25, 0.3) is 0 Å². The van der Waals surface area contributed by atoms with Crippen molar-refractivity contribution in [2.24, 2.45) is 0 Å². The van der Waals surface area contributed by atoms with Crippen molar-refractivity contribution in [1.29, 1.82) is 0 Å². The summed E-state index contributed by atoms with van der Waals surface area (Å²) in [5, 5.41) is 3.17. The lowest BCUT2D eigenvalue weighted by Crippen LogP contribution is -2.19. The third-order valence-electron chi connectivity index (χ3n) is 3.35. The van der Waals surface area contributed by atoms with Crippen LogP contribution in [0, 0.1) is 6.92 Å². The van der Waals surface area contributed by atoms with Crippen LogP contribution in [0.3, 0.4) is 0 Å². The van der Waals surface area contributed by atoms with E-state index in [2.05, 4.69) is 29.1 Å². The van der Waals surface area contributed by atoms with Crippen LogP contribution in [0.1, 0.15) is 42.8 Å². The molecule has 1 aliphatic rings. The lowest BCUT2D eigenvalue weighted by Gasteiger charge is -2.22. The highest BCUT2D eigenvalue weighted by atomic mass is 16.5. The molecule has 0 radical (unpaired) electrons. The summed E-state index contributed by atoms with van der Waals surface area (Å²) in [6.45, 7) is 5.83. The van der Waals surface area contributed by atoms with Crippen LogP contribution in [0.4, 0.5) is 5.82 Å².